The van der Waals surface area contributed by atoms with Crippen LogP contribution in [0.5, 0.6) is 0 Å². The van der Waals surface area contributed by atoms with Gasteiger partial charge in [0.25, 0.3) is 0 Å². The summed E-state index contributed by atoms with van der Waals surface area (Å²) >= 11 is 3.48. The highest BCUT2D eigenvalue weighted by molar-refractivity contribution is 9.10. The molecule has 0 bridgehead atoms. The van der Waals surface area contributed by atoms with Crippen molar-refractivity contribution >= 4 is 15.9 Å². The lowest BCUT2D eigenvalue weighted by molar-refractivity contribution is 0.105. The summed E-state index contributed by atoms with van der Waals surface area (Å²) in [6.45, 7) is 5.07. The Balaban J connectivity index is 1.75. The second-order valence-corrected chi connectivity index (χ2v) is 5.30. The zero-order valence-corrected chi connectivity index (χ0v) is 11.2. The lowest BCUT2D eigenvalue weighted by Gasteiger charge is -2.14. The summed E-state index contributed by atoms with van der Waals surface area (Å²) in [7, 11) is 0. The first-order chi connectivity index (χ1) is 7.75. The molecule has 2 rings (SSSR count). The van der Waals surface area contributed by atoms with Gasteiger partial charge in [0.05, 0.1) is 6.10 Å². The molecule has 1 fully saturated rings. The summed E-state index contributed by atoms with van der Waals surface area (Å²) in [4.78, 5) is 0. The standard InChI is InChI=1S/C13H18BrNO/c1-10-12(5-6-16-10)9-15-8-11-3-2-4-13(14)7-11/h2-4,7,10,12,15H,5-6,8-9H2,1H3. The maximum atomic E-state index is 5.54. The molecule has 88 valence electrons. The first-order valence-corrected chi connectivity index (χ1v) is 6.62. The van der Waals surface area contributed by atoms with Crippen LogP contribution < -0.4 is 5.32 Å². The van der Waals surface area contributed by atoms with Gasteiger partial charge < -0.3 is 10.1 Å². The van der Waals surface area contributed by atoms with E-state index in [9.17, 15) is 0 Å². The van der Waals surface area contributed by atoms with Gasteiger partial charge in [0, 0.05) is 24.2 Å². The quantitative estimate of drug-likeness (QED) is 0.917. The van der Waals surface area contributed by atoms with Gasteiger partial charge in [-0.2, -0.15) is 0 Å². The fourth-order valence-electron chi connectivity index (χ4n) is 2.09. The highest BCUT2D eigenvalue weighted by atomic mass is 79.9. The SMILES string of the molecule is CC1OCCC1CNCc1cccc(Br)c1. The van der Waals surface area contributed by atoms with Gasteiger partial charge >= 0.3 is 0 Å². The lowest BCUT2D eigenvalue weighted by atomic mass is 10.0. The largest absolute Gasteiger partial charge is 0.378 e. The maximum absolute atomic E-state index is 5.54. The number of nitrogens with one attached hydrogen (secondary N) is 1. The molecule has 1 aromatic carbocycles. The Hall–Kier alpha value is -0.380. The van der Waals surface area contributed by atoms with Crippen molar-refractivity contribution in [2.24, 2.45) is 5.92 Å². The molecular weight excluding hydrogens is 266 g/mol. The minimum absolute atomic E-state index is 0.412. The summed E-state index contributed by atoms with van der Waals surface area (Å²) in [5.41, 5.74) is 1.32. The first kappa shape index (κ1) is 12.1. The predicted octanol–water partition coefficient (Wildman–Crippen LogP) is 2.96. The van der Waals surface area contributed by atoms with Crippen LogP contribution in [0, 0.1) is 5.92 Å². The van der Waals surface area contributed by atoms with Crippen molar-refractivity contribution in [3.63, 3.8) is 0 Å². The molecule has 1 aliphatic heterocycles. The van der Waals surface area contributed by atoms with E-state index in [1.54, 1.807) is 0 Å². The molecule has 1 saturated heterocycles. The van der Waals surface area contributed by atoms with Crippen molar-refractivity contribution in [1.82, 2.24) is 5.32 Å². The van der Waals surface area contributed by atoms with Crippen LogP contribution in [0.4, 0.5) is 0 Å². The van der Waals surface area contributed by atoms with Gasteiger partial charge in [-0.1, -0.05) is 28.1 Å². The Morgan fingerprint density at radius 1 is 1.50 bits per heavy atom. The summed E-state index contributed by atoms with van der Waals surface area (Å²) in [6.07, 6.45) is 1.60. The second-order valence-electron chi connectivity index (χ2n) is 4.39. The van der Waals surface area contributed by atoms with Crippen LogP contribution in [0.2, 0.25) is 0 Å². The van der Waals surface area contributed by atoms with E-state index in [0.717, 1.165) is 24.2 Å². The molecule has 0 aliphatic carbocycles. The van der Waals surface area contributed by atoms with E-state index in [0.29, 0.717) is 12.0 Å². The number of benzene rings is 1. The Bertz CT molecular complexity index is 342. The monoisotopic (exact) mass is 283 g/mol. The van der Waals surface area contributed by atoms with Crippen LogP contribution in [0.25, 0.3) is 0 Å². The van der Waals surface area contributed by atoms with Crippen LogP contribution in [0.3, 0.4) is 0 Å². The highest BCUT2D eigenvalue weighted by Gasteiger charge is 2.23. The molecule has 1 N–H and O–H groups in total. The molecule has 0 saturated carbocycles. The van der Waals surface area contributed by atoms with E-state index in [2.05, 4.69) is 52.4 Å². The fourth-order valence-corrected chi connectivity index (χ4v) is 2.54. The smallest absolute Gasteiger partial charge is 0.0588 e. The number of rotatable bonds is 4. The van der Waals surface area contributed by atoms with Crippen molar-refractivity contribution in [3.8, 4) is 0 Å². The van der Waals surface area contributed by atoms with E-state index >= 15 is 0 Å². The third kappa shape index (κ3) is 3.30. The van der Waals surface area contributed by atoms with Gasteiger partial charge in [-0.25, -0.2) is 0 Å². The summed E-state index contributed by atoms with van der Waals surface area (Å²) in [5.74, 6) is 0.673. The number of halogens is 1. The molecule has 0 radical (unpaired) electrons. The molecular formula is C13H18BrNO. The maximum Gasteiger partial charge on any atom is 0.0588 e. The first-order valence-electron chi connectivity index (χ1n) is 5.82. The topological polar surface area (TPSA) is 21.3 Å². The van der Waals surface area contributed by atoms with Gasteiger partial charge in [0.2, 0.25) is 0 Å². The number of hydrogen-bond donors (Lipinski definition) is 1. The normalized spacial score (nSPS) is 24.9. The van der Waals surface area contributed by atoms with Gasteiger partial charge in [-0.15, -0.1) is 0 Å². The molecule has 0 amide bonds. The highest BCUT2D eigenvalue weighted by Crippen LogP contribution is 2.19. The summed E-state index contributed by atoms with van der Waals surface area (Å²) in [5, 5.41) is 3.50. The predicted molar refractivity (Wildman–Crippen MR) is 69.4 cm³/mol. The third-order valence-corrected chi connectivity index (χ3v) is 3.65. The minimum Gasteiger partial charge on any atom is -0.378 e. The summed E-state index contributed by atoms with van der Waals surface area (Å²) < 4.78 is 6.68. The molecule has 1 aromatic rings. The Morgan fingerprint density at radius 2 is 2.38 bits per heavy atom. The van der Waals surface area contributed by atoms with Gasteiger partial charge in [0.1, 0.15) is 0 Å². The van der Waals surface area contributed by atoms with Crippen molar-refractivity contribution in [2.75, 3.05) is 13.2 Å². The zero-order valence-electron chi connectivity index (χ0n) is 9.58. The summed E-state index contributed by atoms with van der Waals surface area (Å²) in [6, 6.07) is 8.42. The Labute approximate surface area is 106 Å². The number of ether oxygens (including phenoxy) is 1. The zero-order chi connectivity index (χ0) is 11.4. The van der Waals surface area contributed by atoms with E-state index in [-0.39, 0.29) is 0 Å². The van der Waals surface area contributed by atoms with Crippen molar-refractivity contribution < 1.29 is 4.74 Å². The number of hydrogen-bond acceptors (Lipinski definition) is 2. The molecule has 2 nitrogen and oxygen atoms in total. The van der Waals surface area contributed by atoms with Crippen molar-refractivity contribution in [3.05, 3.63) is 34.3 Å². The Morgan fingerprint density at radius 3 is 3.06 bits per heavy atom. The van der Waals surface area contributed by atoms with Crippen LogP contribution in [-0.4, -0.2) is 19.3 Å². The van der Waals surface area contributed by atoms with Gasteiger partial charge in [0.15, 0.2) is 0 Å². The molecule has 16 heavy (non-hydrogen) atoms. The van der Waals surface area contributed by atoms with E-state index in [1.165, 1.54) is 12.0 Å². The van der Waals surface area contributed by atoms with E-state index in [1.807, 2.05) is 0 Å². The van der Waals surface area contributed by atoms with Gasteiger partial charge in [-0.3, -0.25) is 0 Å². The molecule has 2 atom stereocenters. The molecule has 1 aliphatic rings. The molecule has 0 aromatic heterocycles. The van der Waals surface area contributed by atoms with Crippen LogP contribution in [0.1, 0.15) is 18.9 Å². The average molecular weight is 284 g/mol. The Kier molecular flexibility index (Phi) is 4.38. The third-order valence-electron chi connectivity index (χ3n) is 3.16. The van der Waals surface area contributed by atoms with Crippen LogP contribution in [0.15, 0.2) is 28.7 Å². The molecule has 3 heteroatoms. The average Bonchev–Trinajstić information content (AvgIpc) is 2.65. The lowest BCUT2D eigenvalue weighted by Crippen LogP contribution is -2.26. The molecule has 1 heterocycles. The second kappa shape index (κ2) is 5.80. The van der Waals surface area contributed by atoms with Gasteiger partial charge in [-0.05, 0) is 37.0 Å². The van der Waals surface area contributed by atoms with Crippen LogP contribution in [-0.2, 0) is 11.3 Å². The molecule has 2 unspecified atom stereocenters. The van der Waals surface area contributed by atoms with Crippen molar-refractivity contribution in [2.45, 2.75) is 26.0 Å². The molecule has 0 spiro atoms. The minimum atomic E-state index is 0.412. The van der Waals surface area contributed by atoms with Crippen molar-refractivity contribution in [1.29, 1.82) is 0 Å². The van der Waals surface area contributed by atoms with E-state index in [4.69, 9.17) is 4.74 Å². The van der Waals surface area contributed by atoms with E-state index < -0.39 is 0 Å². The van der Waals surface area contributed by atoms with Crippen LogP contribution >= 0.6 is 15.9 Å². The fraction of sp³-hybridized carbons (Fsp3) is 0.538.